The Kier molecular flexibility index (Phi) is 8.15. The van der Waals surface area contributed by atoms with Crippen LogP contribution in [0.3, 0.4) is 0 Å². The monoisotopic (exact) mass is 398 g/mol. The van der Waals surface area contributed by atoms with Crippen LogP contribution in [0.15, 0.2) is 30.3 Å². The van der Waals surface area contributed by atoms with Crippen molar-refractivity contribution in [3.05, 3.63) is 35.9 Å². The van der Waals surface area contributed by atoms with Gasteiger partial charge in [-0.1, -0.05) is 30.3 Å². The number of carbonyl (C=O) groups is 2. The molecule has 2 rings (SSSR count). The van der Waals surface area contributed by atoms with Crippen LogP contribution in [0, 0.1) is 0 Å². The van der Waals surface area contributed by atoms with Crippen LogP contribution in [0.5, 0.6) is 0 Å². The summed E-state index contributed by atoms with van der Waals surface area (Å²) >= 11 is 0. The molecule has 1 aromatic rings. The molecule has 2 amide bonds. The molecule has 0 aliphatic carbocycles. The van der Waals surface area contributed by atoms with Gasteiger partial charge in [-0.15, -0.1) is 0 Å². The maximum absolute atomic E-state index is 12.4. The first-order valence-corrected chi connectivity index (χ1v) is 8.80. The van der Waals surface area contributed by atoms with Gasteiger partial charge in [0.25, 0.3) is 0 Å². The fraction of sp³-hybridized carbons (Fsp3) is 0.556. The maximum Gasteiger partial charge on any atom is 0.408 e. The van der Waals surface area contributed by atoms with Crippen molar-refractivity contribution in [2.75, 3.05) is 13.7 Å². The van der Waals surface area contributed by atoms with Gasteiger partial charge in [0.15, 0.2) is 6.29 Å². The number of amides is 2. The number of rotatable bonds is 7. The zero-order chi connectivity index (χ0) is 20.7. The zero-order valence-corrected chi connectivity index (χ0v) is 15.6. The van der Waals surface area contributed by atoms with E-state index in [1.807, 2.05) is 18.2 Å². The van der Waals surface area contributed by atoms with Gasteiger partial charge >= 0.3 is 6.09 Å². The molecule has 1 aliphatic rings. The quantitative estimate of drug-likeness (QED) is 0.388. The van der Waals surface area contributed by atoms with E-state index in [1.165, 1.54) is 14.0 Å². The van der Waals surface area contributed by atoms with E-state index in [4.69, 9.17) is 14.2 Å². The van der Waals surface area contributed by atoms with Crippen molar-refractivity contribution in [1.82, 2.24) is 10.6 Å². The number of aliphatic hydroxyl groups excluding tert-OH is 3. The lowest BCUT2D eigenvalue weighted by atomic mass is 9.96. The summed E-state index contributed by atoms with van der Waals surface area (Å²) < 4.78 is 15.4. The van der Waals surface area contributed by atoms with E-state index in [0.29, 0.717) is 0 Å². The lowest BCUT2D eigenvalue weighted by Gasteiger charge is -2.42. The van der Waals surface area contributed by atoms with Crippen LogP contribution in [0.1, 0.15) is 12.5 Å². The van der Waals surface area contributed by atoms with Gasteiger partial charge in [-0.3, -0.25) is 4.79 Å². The zero-order valence-electron chi connectivity index (χ0n) is 15.6. The molecule has 1 saturated heterocycles. The Labute approximate surface area is 162 Å². The normalized spacial score (nSPS) is 28.2. The van der Waals surface area contributed by atoms with Crippen molar-refractivity contribution in [2.24, 2.45) is 0 Å². The van der Waals surface area contributed by atoms with Gasteiger partial charge in [0.05, 0.1) is 6.61 Å². The van der Waals surface area contributed by atoms with E-state index < -0.39 is 55.3 Å². The molecule has 10 heteroatoms. The summed E-state index contributed by atoms with van der Waals surface area (Å²) in [5.74, 6) is -0.638. The average molecular weight is 398 g/mol. The highest BCUT2D eigenvalue weighted by atomic mass is 16.7. The molecule has 5 N–H and O–H groups in total. The fourth-order valence-corrected chi connectivity index (χ4v) is 2.73. The topological polar surface area (TPSA) is 147 Å². The molecule has 0 aromatic heterocycles. The molecule has 0 spiro atoms. The van der Waals surface area contributed by atoms with Crippen molar-refractivity contribution >= 4 is 12.0 Å². The number of carbonyl (C=O) groups excluding carboxylic acids is 2. The Bertz CT molecular complexity index is 642. The second-order valence-electron chi connectivity index (χ2n) is 6.40. The Morgan fingerprint density at radius 1 is 1.21 bits per heavy atom. The van der Waals surface area contributed by atoms with Crippen LogP contribution in [-0.2, 0) is 25.6 Å². The molecule has 0 bridgehead atoms. The number of nitrogens with one attached hydrogen (secondary N) is 2. The van der Waals surface area contributed by atoms with Gasteiger partial charge in [-0.05, 0) is 12.5 Å². The highest BCUT2D eigenvalue weighted by molar-refractivity contribution is 5.85. The van der Waals surface area contributed by atoms with Gasteiger partial charge in [0.1, 0.15) is 37.0 Å². The van der Waals surface area contributed by atoms with Crippen molar-refractivity contribution in [3.8, 4) is 0 Å². The van der Waals surface area contributed by atoms with E-state index in [2.05, 4.69) is 10.6 Å². The van der Waals surface area contributed by atoms with E-state index >= 15 is 0 Å². The lowest BCUT2D eigenvalue weighted by Crippen LogP contribution is -2.65. The average Bonchev–Trinajstić information content (AvgIpc) is 2.70. The summed E-state index contributed by atoms with van der Waals surface area (Å²) in [6, 6.07) is 6.97. The number of aliphatic hydroxyl groups is 3. The van der Waals surface area contributed by atoms with Gasteiger partial charge in [-0.25, -0.2) is 4.79 Å². The molecule has 1 heterocycles. The first-order valence-electron chi connectivity index (χ1n) is 8.80. The molecule has 0 saturated carbocycles. The Morgan fingerprint density at radius 2 is 1.89 bits per heavy atom. The summed E-state index contributed by atoms with van der Waals surface area (Å²) in [6.07, 6.45) is -5.76. The molecule has 1 aromatic carbocycles. The highest BCUT2D eigenvalue weighted by Crippen LogP contribution is 2.21. The van der Waals surface area contributed by atoms with E-state index in [9.17, 15) is 24.9 Å². The number of methoxy groups -OCH3 is 1. The van der Waals surface area contributed by atoms with Gasteiger partial charge in [-0.2, -0.15) is 0 Å². The largest absolute Gasteiger partial charge is 0.445 e. The van der Waals surface area contributed by atoms with Crippen LogP contribution >= 0.6 is 0 Å². The summed E-state index contributed by atoms with van der Waals surface area (Å²) in [4.78, 5) is 24.2. The Morgan fingerprint density at radius 3 is 2.50 bits per heavy atom. The molecule has 156 valence electrons. The minimum Gasteiger partial charge on any atom is -0.445 e. The van der Waals surface area contributed by atoms with E-state index in [0.717, 1.165) is 5.56 Å². The second-order valence-corrected chi connectivity index (χ2v) is 6.40. The number of benzene rings is 1. The summed E-state index contributed by atoms with van der Waals surface area (Å²) in [6.45, 7) is 0.963. The third-order valence-electron chi connectivity index (χ3n) is 4.36. The molecule has 0 radical (unpaired) electrons. The lowest BCUT2D eigenvalue weighted by molar-refractivity contribution is -0.262. The fourth-order valence-electron chi connectivity index (χ4n) is 2.73. The van der Waals surface area contributed by atoms with Crippen molar-refractivity contribution < 1.29 is 39.1 Å². The molecule has 6 atom stereocenters. The number of hydrogen-bond donors (Lipinski definition) is 5. The van der Waals surface area contributed by atoms with Crippen molar-refractivity contribution in [3.63, 3.8) is 0 Å². The minimum atomic E-state index is -1.43. The molecular formula is C18H26N2O8. The minimum absolute atomic E-state index is 0.0523. The predicted octanol–water partition coefficient (Wildman–Crippen LogP) is -1.13. The van der Waals surface area contributed by atoms with Gasteiger partial charge < -0.3 is 40.2 Å². The first-order chi connectivity index (χ1) is 13.4. The molecular weight excluding hydrogens is 372 g/mol. The standard InChI is InChI=1S/C18H26N2O8/c1-10(19-18(25)27-9-11-6-4-3-5-7-11)16(24)20-13-15(23)14(22)12(8-21)28-17(13)26-2/h3-7,10,12-15,17,21-23H,8-9H2,1-2H3,(H,19,25)(H,20,24)/t10-,12-,13-,14-,15-,17-/m1/s1. The molecule has 10 nitrogen and oxygen atoms in total. The third-order valence-corrected chi connectivity index (χ3v) is 4.36. The highest BCUT2D eigenvalue weighted by Gasteiger charge is 2.45. The van der Waals surface area contributed by atoms with Gasteiger partial charge in [0, 0.05) is 7.11 Å². The van der Waals surface area contributed by atoms with Crippen LogP contribution in [0.2, 0.25) is 0 Å². The molecule has 1 fully saturated rings. The first kappa shape index (κ1) is 22.1. The Balaban J connectivity index is 1.87. The maximum atomic E-state index is 12.4. The van der Waals surface area contributed by atoms with E-state index in [1.54, 1.807) is 12.1 Å². The molecule has 28 heavy (non-hydrogen) atoms. The second kappa shape index (κ2) is 10.3. The summed E-state index contributed by atoms with van der Waals surface area (Å²) in [5, 5.41) is 34.2. The van der Waals surface area contributed by atoms with Crippen LogP contribution in [0.4, 0.5) is 4.79 Å². The smallest absolute Gasteiger partial charge is 0.408 e. The SMILES string of the molecule is CO[C@@H]1O[C@H](CO)[C@@H](O)[C@H](O)[C@H]1NC(=O)[C@@H](C)NC(=O)OCc1ccccc1. The summed E-state index contributed by atoms with van der Waals surface area (Å²) in [7, 11) is 1.30. The van der Waals surface area contributed by atoms with Crippen LogP contribution in [0.25, 0.3) is 0 Å². The number of alkyl carbamates (subject to hydrolysis) is 1. The summed E-state index contributed by atoms with van der Waals surface area (Å²) in [5.41, 5.74) is 0.799. The molecule has 1 aliphatic heterocycles. The molecule has 0 unspecified atom stereocenters. The van der Waals surface area contributed by atoms with Crippen molar-refractivity contribution in [2.45, 2.75) is 50.2 Å². The van der Waals surface area contributed by atoms with E-state index in [-0.39, 0.29) is 6.61 Å². The third kappa shape index (κ3) is 5.63. The number of hydrogen-bond acceptors (Lipinski definition) is 8. The van der Waals surface area contributed by atoms with Gasteiger partial charge in [0.2, 0.25) is 5.91 Å². The number of ether oxygens (including phenoxy) is 3. The predicted molar refractivity (Wildman–Crippen MR) is 95.9 cm³/mol. The van der Waals surface area contributed by atoms with Crippen molar-refractivity contribution in [1.29, 1.82) is 0 Å². The van der Waals surface area contributed by atoms with Crippen LogP contribution < -0.4 is 10.6 Å². The Hall–Kier alpha value is -2.24. The van der Waals surface area contributed by atoms with Crippen LogP contribution in [-0.4, -0.2) is 77.7 Å².